The maximum atomic E-state index is 11.8. The number of benzene rings is 1. The fourth-order valence-corrected chi connectivity index (χ4v) is 2.44. The second kappa shape index (κ2) is 7.20. The summed E-state index contributed by atoms with van der Waals surface area (Å²) in [4.78, 5) is 15.7. The highest BCUT2D eigenvalue weighted by Crippen LogP contribution is 2.13. The highest BCUT2D eigenvalue weighted by Gasteiger charge is 2.13. The number of nitrogens with zero attached hydrogens (tertiary/aromatic N) is 4. The van der Waals surface area contributed by atoms with Crippen molar-refractivity contribution in [2.75, 3.05) is 31.7 Å². The molecule has 2 rings (SSSR count). The Kier molecular flexibility index (Phi) is 5.29. The fourth-order valence-electron chi connectivity index (χ4n) is 1.72. The van der Waals surface area contributed by atoms with Crippen LogP contribution in [0.2, 0.25) is 0 Å². The first kappa shape index (κ1) is 16.9. The lowest BCUT2D eigenvalue weighted by Gasteiger charge is -2.12. The molecule has 0 fully saturated rings. The first-order valence-corrected chi connectivity index (χ1v) is 8.39. The highest BCUT2D eigenvalue weighted by molar-refractivity contribution is 7.89. The number of anilines is 1. The monoisotopic (exact) mass is 338 g/mol. The normalized spacial score (nSPS) is 11.4. The molecule has 0 unspecified atom stereocenters. The van der Waals surface area contributed by atoms with Gasteiger partial charge in [-0.1, -0.05) is 6.07 Å². The quantitative estimate of drug-likeness (QED) is 0.786. The smallest absolute Gasteiger partial charge is 0.319 e. The van der Waals surface area contributed by atoms with Crippen LogP contribution in [0.5, 0.6) is 0 Å². The van der Waals surface area contributed by atoms with Crippen molar-refractivity contribution < 1.29 is 13.2 Å². The third kappa shape index (κ3) is 4.76. The van der Waals surface area contributed by atoms with Gasteiger partial charge in [0.15, 0.2) is 0 Å². The van der Waals surface area contributed by atoms with E-state index in [9.17, 15) is 13.2 Å². The zero-order valence-electron chi connectivity index (χ0n) is 12.8. The summed E-state index contributed by atoms with van der Waals surface area (Å²) in [5.74, 6) is -0.160. The summed E-state index contributed by atoms with van der Waals surface area (Å²) in [6.07, 6.45) is 2.96. The number of aromatic nitrogens is 3. The highest BCUT2D eigenvalue weighted by atomic mass is 32.2. The molecule has 0 atom stereocenters. The van der Waals surface area contributed by atoms with Crippen LogP contribution in [0.3, 0.4) is 0 Å². The second-order valence-electron chi connectivity index (χ2n) is 4.87. The number of hydrogen-bond donors (Lipinski definition) is 2. The van der Waals surface area contributed by atoms with Gasteiger partial charge in [0.25, 0.3) is 0 Å². The molecule has 124 valence electrons. The number of amides is 2. The molecule has 0 saturated carbocycles. The summed E-state index contributed by atoms with van der Waals surface area (Å²) in [7, 11) is -0.432. The van der Waals surface area contributed by atoms with Crippen molar-refractivity contribution in [3.63, 3.8) is 0 Å². The van der Waals surface area contributed by atoms with Gasteiger partial charge in [-0.15, -0.1) is 0 Å². The number of sulfonamides is 1. The van der Waals surface area contributed by atoms with Crippen LogP contribution in [0.4, 0.5) is 10.5 Å². The van der Waals surface area contributed by atoms with Gasteiger partial charge in [0.2, 0.25) is 10.0 Å². The molecule has 9 nitrogen and oxygen atoms in total. The van der Waals surface area contributed by atoms with Gasteiger partial charge in [0, 0.05) is 26.3 Å². The van der Waals surface area contributed by atoms with Crippen LogP contribution in [0.15, 0.2) is 36.9 Å². The Morgan fingerprint density at radius 3 is 2.78 bits per heavy atom. The number of nitrogens with one attached hydrogen (secondary N) is 2. The Labute approximate surface area is 134 Å². The first-order valence-electron chi connectivity index (χ1n) is 6.78. The van der Waals surface area contributed by atoms with Gasteiger partial charge in [-0.25, -0.2) is 27.2 Å². The lowest BCUT2D eigenvalue weighted by atomic mass is 10.3. The molecular formula is C13H18N6O3S. The Morgan fingerprint density at radius 2 is 2.13 bits per heavy atom. The van der Waals surface area contributed by atoms with Gasteiger partial charge < -0.3 is 10.6 Å². The molecule has 23 heavy (non-hydrogen) atoms. The summed E-state index contributed by atoms with van der Waals surface area (Å²) in [5.41, 5.74) is 1.31. The van der Waals surface area contributed by atoms with E-state index < -0.39 is 16.1 Å². The fraction of sp³-hybridized carbons (Fsp3) is 0.308. The van der Waals surface area contributed by atoms with Crippen LogP contribution in [-0.4, -0.2) is 59.9 Å². The topological polar surface area (TPSA) is 109 Å². The van der Waals surface area contributed by atoms with Crippen LogP contribution in [0, 0.1) is 0 Å². The molecule has 10 heteroatoms. The van der Waals surface area contributed by atoms with Crippen molar-refractivity contribution >= 4 is 21.7 Å². The van der Waals surface area contributed by atoms with Crippen LogP contribution in [0.25, 0.3) is 5.69 Å². The van der Waals surface area contributed by atoms with Gasteiger partial charge in [-0.2, -0.15) is 5.10 Å². The van der Waals surface area contributed by atoms with Crippen LogP contribution >= 0.6 is 0 Å². The van der Waals surface area contributed by atoms with Crippen molar-refractivity contribution in [2.45, 2.75) is 0 Å². The van der Waals surface area contributed by atoms with E-state index in [1.165, 1.54) is 20.4 Å². The van der Waals surface area contributed by atoms with Crippen molar-refractivity contribution in [2.24, 2.45) is 0 Å². The number of hydrogen-bond acceptors (Lipinski definition) is 5. The van der Waals surface area contributed by atoms with E-state index in [0.29, 0.717) is 5.69 Å². The van der Waals surface area contributed by atoms with E-state index in [2.05, 4.69) is 20.7 Å². The van der Waals surface area contributed by atoms with E-state index >= 15 is 0 Å². The van der Waals surface area contributed by atoms with Crippen molar-refractivity contribution in [3.8, 4) is 5.69 Å². The largest absolute Gasteiger partial charge is 0.337 e. The molecule has 0 aliphatic heterocycles. The zero-order chi connectivity index (χ0) is 16.9. The predicted molar refractivity (Wildman–Crippen MR) is 85.9 cm³/mol. The summed E-state index contributed by atoms with van der Waals surface area (Å²) >= 11 is 0. The minimum absolute atomic E-state index is 0.0229. The number of rotatable bonds is 6. The summed E-state index contributed by atoms with van der Waals surface area (Å²) in [6.45, 7) is 0.0229. The summed E-state index contributed by atoms with van der Waals surface area (Å²) in [5, 5.41) is 9.15. The molecule has 2 N–H and O–H groups in total. The van der Waals surface area contributed by atoms with E-state index in [0.717, 1.165) is 9.99 Å². The molecule has 0 aliphatic rings. The minimum atomic E-state index is -3.33. The van der Waals surface area contributed by atoms with Gasteiger partial charge in [0.05, 0.1) is 11.4 Å². The third-order valence-corrected chi connectivity index (χ3v) is 4.82. The van der Waals surface area contributed by atoms with Gasteiger partial charge >= 0.3 is 6.03 Å². The Hall–Kier alpha value is -2.46. The standard InChI is InChI=1S/C13H18N6O3S/c1-18(2)23(21,22)7-6-15-13(20)17-11-4-3-5-12(8-11)19-10-14-9-16-19/h3-5,8-10H,6-7H2,1-2H3,(H2,15,17,20). The molecular weight excluding hydrogens is 320 g/mol. The van der Waals surface area contributed by atoms with Crippen LogP contribution < -0.4 is 10.6 Å². The van der Waals surface area contributed by atoms with Crippen LogP contribution in [-0.2, 0) is 10.0 Å². The molecule has 2 amide bonds. The Bertz CT molecular complexity index is 758. The average molecular weight is 338 g/mol. The predicted octanol–water partition coefficient (Wildman–Crippen LogP) is 0.280. The maximum absolute atomic E-state index is 11.8. The Morgan fingerprint density at radius 1 is 1.35 bits per heavy atom. The zero-order valence-corrected chi connectivity index (χ0v) is 13.6. The van der Waals surface area contributed by atoms with Gasteiger partial charge in [-0.3, -0.25) is 0 Å². The average Bonchev–Trinajstić information content (AvgIpc) is 3.01. The summed E-state index contributed by atoms with van der Waals surface area (Å²) in [6, 6.07) is 6.56. The second-order valence-corrected chi connectivity index (χ2v) is 7.17. The van der Waals surface area contributed by atoms with E-state index in [1.807, 2.05) is 6.07 Å². The summed E-state index contributed by atoms with van der Waals surface area (Å²) < 4.78 is 25.9. The van der Waals surface area contributed by atoms with Crippen LogP contribution in [0.1, 0.15) is 0 Å². The third-order valence-electron chi connectivity index (χ3n) is 2.99. The molecule has 0 aliphatic carbocycles. The molecule has 0 bridgehead atoms. The molecule has 1 aromatic heterocycles. The SMILES string of the molecule is CN(C)S(=O)(=O)CCNC(=O)Nc1cccc(-n2cncn2)c1. The van der Waals surface area contributed by atoms with Crippen molar-refractivity contribution in [1.82, 2.24) is 24.4 Å². The Balaban J connectivity index is 1.90. The molecule has 1 aromatic carbocycles. The number of carbonyl (C=O) groups is 1. The van der Waals surface area contributed by atoms with Gasteiger partial charge in [0.1, 0.15) is 12.7 Å². The van der Waals surface area contributed by atoms with E-state index in [4.69, 9.17) is 0 Å². The number of urea groups is 1. The van der Waals surface area contributed by atoms with E-state index in [-0.39, 0.29) is 12.3 Å². The lowest BCUT2D eigenvalue weighted by Crippen LogP contribution is -2.36. The molecule has 1 heterocycles. The minimum Gasteiger partial charge on any atom is -0.337 e. The molecule has 2 aromatic rings. The maximum Gasteiger partial charge on any atom is 0.319 e. The first-order chi connectivity index (χ1) is 10.9. The lowest BCUT2D eigenvalue weighted by molar-refractivity contribution is 0.252. The molecule has 0 spiro atoms. The molecule has 0 saturated heterocycles. The van der Waals surface area contributed by atoms with Gasteiger partial charge in [-0.05, 0) is 18.2 Å². The van der Waals surface area contributed by atoms with E-state index in [1.54, 1.807) is 29.2 Å². The van der Waals surface area contributed by atoms with Crippen molar-refractivity contribution in [1.29, 1.82) is 0 Å². The van der Waals surface area contributed by atoms with Crippen molar-refractivity contribution in [3.05, 3.63) is 36.9 Å². The molecule has 0 radical (unpaired) electrons. The number of carbonyl (C=O) groups excluding carboxylic acids is 1.